The number of hydrogen-bond acceptors (Lipinski definition) is 5. The van der Waals surface area contributed by atoms with Gasteiger partial charge in [-0.15, -0.1) is 0 Å². The summed E-state index contributed by atoms with van der Waals surface area (Å²) in [5, 5.41) is 1.41. The van der Waals surface area contributed by atoms with Crippen LogP contribution >= 0.6 is 0 Å². The van der Waals surface area contributed by atoms with Gasteiger partial charge in [0.25, 0.3) is 0 Å². The molecule has 0 amide bonds. The number of furan rings is 2. The van der Waals surface area contributed by atoms with E-state index in [1.165, 1.54) is 4.57 Å². The van der Waals surface area contributed by atoms with Gasteiger partial charge in [-0.2, -0.15) is 9.97 Å². The fraction of sp³-hybridized carbons (Fsp3) is 0. The largest absolute Gasteiger partial charge is 0.456 e. The van der Waals surface area contributed by atoms with Gasteiger partial charge >= 0.3 is 0 Å². The molecular weight excluding hydrogens is 629 g/mol. The monoisotopic (exact) mass is 664 g/mol. The lowest BCUT2D eigenvalue weighted by atomic mass is 10.0. The Hall–Kier alpha value is -7.05. The highest BCUT2D eigenvalue weighted by atomic mass is 16.3. The second kappa shape index (κ2) is 10.7. The van der Waals surface area contributed by atoms with E-state index >= 15 is 0 Å². The zero-order valence-electron chi connectivity index (χ0n) is 36.3. The smallest absolute Gasteiger partial charge is 0.238 e. The normalized spacial score (nSPS) is 14.7. The molecule has 0 aliphatic heterocycles. The number of fused-ring (bicyclic) bond motifs is 10. The van der Waals surface area contributed by atoms with E-state index in [0.29, 0.717) is 22.3 Å². The third-order valence-corrected chi connectivity index (χ3v) is 9.17. The summed E-state index contributed by atoms with van der Waals surface area (Å²) in [6.07, 6.45) is 0. The Bertz CT molecular complexity index is 3710. The lowest BCUT2D eigenvalue weighted by Crippen LogP contribution is -2.06. The highest BCUT2D eigenvalue weighted by Gasteiger charge is 2.22. The van der Waals surface area contributed by atoms with Crippen LogP contribution in [0.4, 0.5) is 0 Å². The van der Waals surface area contributed by atoms with Crippen molar-refractivity contribution in [1.29, 1.82) is 0 Å². The van der Waals surface area contributed by atoms with Crippen LogP contribution in [0.1, 0.15) is 13.7 Å². The Kier molecular flexibility index (Phi) is 4.17. The molecule has 4 heterocycles. The molecule has 11 rings (SSSR count). The maximum atomic E-state index is 9.37. The van der Waals surface area contributed by atoms with Gasteiger partial charge in [0.1, 0.15) is 22.3 Å². The Morgan fingerprint density at radius 1 is 0.451 bits per heavy atom. The van der Waals surface area contributed by atoms with Crippen molar-refractivity contribution >= 4 is 65.7 Å². The summed E-state index contributed by atoms with van der Waals surface area (Å²) < 4.78 is 102. The Balaban J connectivity index is 1.28. The van der Waals surface area contributed by atoms with Crippen molar-refractivity contribution in [1.82, 2.24) is 19.5 Å². The molecule has 6 heteroatoms. The average molecular weight is 665 g/mol. The number of hydrogen-bond donors (Lipinski definition) is 0. The van der Waals surface area contributed by atoms with Crippen molar-refractivity contribution in [3.63, 3.8) is 0 Å². The summed E-state index contributed by atoms with van der Waals surface area (Å²) in [7, 11) is 0. The minimum Gasteiger partial charge on any atom is -0.456 e. The minimum atomic E-state index is -0.569. The van der Waals surface area contributed by atoms with Gasteiger partial charge in [-0.1, -0.05) is 121 Å². The predicted octanol–water partition coefficient (Wildman–Crippen LogP) is 11.8. The molecule has 0 N–H and O–H groups in total. The van der Waals surface area contributed by atoms with Crippen molar-refractivity contribution in [2.24, 2.45) is 0 Å². The van der Waals surface area contributed by atoms with E-state index in [-0.39, 0.29) is 61.3 Å². The molecule has 0 bridgehead atoms. The number of aromatic nitrogens is 4. The number of benzene rings is 7. The first-order valence-electron chi connectivity index (χ1n) is 21.1. The molecule has 0 aliphatic carbocycles. The van der Waals surface area contributed by atoms with Crippen molar-refractivity contribution in [3.05, 3.63) is 157 Å². The van der Waals surface area contributed by atoms with Crippen LogP contribution in [0.15, 0.2) is 166 Å². The highest BCUT2D eigenvalue weighted by Crippen LogP contribution is 2.40. The maximum Gasteiger partial charge on any atom is 0.238 e. The van der Waals surface area contributed by atoms with E-state index in [1.54, 1.807) is 0 Å². The molecule has 0 saturated carbocycles. The second-order valence-electron chi connectivity index (χ2n) is 12.1. The molecule has 0 radical (unpaired) electrons. The van der Waals surface area contributed by atoms with E-state index < -0.39 is 60.4 Å². The van der Waals surface area contributed by atoms with Gasteiger partial charge in [0.05, 0.1) is 19.2 Å². The van der Waals surface area contributed by atoms with Gasteiger partial charge in [-0.05, 0) is 47.5 Å². The first kappa shape index (κ1) is 19.8. The first-order chi connectivity index (χ1) is 29.4. The molecule has 0 fully saturated rings. The van der Waals surface area contributed by atoms with Crippen LogP contribution < -0.4 is 0 Å². The highest BCUT2D eigenvalue weighted by molar-refractivity contribution is 6.21. The van der Waals surface area contributed by atoms with Crippen molar-refractivity contribution in [2.45, 2.75) is 0 Å². The van der Waals surface area contributed by atoms with Crippen molar-refractivity contribution < 1.29 is 22.5 Å². The molecule has 0 aliphatic rings. The van der Waals surface area contributed by atoms with Crippen molar-refractivity contribution in [3.8, 4) is 39.9 Å². The topological polar surface area (TPSA) is 69.9 Å². The Labute approximate surface area is 304 Å². The summed E-state index contributed by atoms with van der Waals surface area (Å²) >= 11 is 0. The summed E-state index contributed by atoms with van der Waals surface area (Å²) in [4.78, 5) is 14.9. The summed E-state index contributed by atoms with van der Waals surface area (Å²) in [5.41, 5.74) is 3.80. The SMILES string of the molecule is [2H]c1c([2H])c([2H])c2c(oc3c2c([2H])c([2H])c2c4c([2H])c([2H])c([2H])c([2H])c4n(-c4nc(-c5ccc(-c6ccccc6)cc5)nc(-c5ccc6c(c5)oc5ccccc56)n4)c32)c1[2H]. The predicted molar refractivity (Wildman–Crippen MR) is 205 cm³/mol. The van der Waals surface area contributed by atoms with Crippen LogP contribution in [0.5, 0.6) is 0 Å². The van der Waals surface area contributed by atoms with E-state index in [2.05, 4.69) is 0 Å². The van der Waals surface area contributed by atoms with Crippen LogP contribution in [-0.2, 0) is 0 Å². The molecule has 0 spiro atoms. The molecule has 0 unspecified atom stereocenters. The molecular formula is C45H26N4O2. The molecule has 11 aromatic rings. The second-order valence-corrected chi connectivity index (χ2v) is 12.1. The van der Waals surface area contributed by atoms with Crippen LogP contribution in [0.25, 0.3) is 106 Å². The zero-order valence-corrected chi connectivity index (χ0v) is 26.3. The van der Waals surface area contributed by atoms with Gasteiger partial charge in [-0.25, -0.2) is 4.98 Å². The summed E-state index contributed by atoms with van der Waals surface area (Å²) in [6, 6.07) is 25.6. The molecule has 4 aromatic heterocycles. The fourth-order valence-electron chi connectivity index (χ4n) is 6.79. The van der Waals surface area contributed by atoms with Gasteiger partial charge in [0, 0.05) is 43.4 Å². The van der Waals surface area contributed by atoms with Crippen LogP contribution in [0, 0.1) is 0 Å². The van der Waals surface area contributed by atoms with E-state index in [0.717, 1.165) is 21.9 Å². The van der Waals surface area contributed by atoms with Gasteiger partial charge in [-0.3, -0.25) is 4.57 Å². The molecule has 7 aromatic carbocycles. The standard InChI is InChI=1S/C45H26N4O2/c1-2-10-27(11-3-1)28-18-20-29(21-19-28)43-46-44(30-22-23-34-32-13-5-8-16-38(32)50-40(34)26-30)48-45(47-43)49-37-15-7-4-12-31(37)35-24-25-36-33-14-6-9-17-39(33)51-42(36)41(35)49/h1-26H/i4D,6D,7D,9D,12D,14D,15D,17D,24D,25D. The molecule has 51 heavy (non-hydrogen) atoms. The number of nitrogens with zero attached hydrogens (tertiary/aromatic N) is 4. The van der Waals surface area contributed by atoms with E-state index in [9.17, 15) is 4.11 Å². The minimum absolute atomic E-state index is 0.0266. The molecule has 0 saturated heterocycles. The van der Waals surface area contributed by atoms with E-state index in [1.807, 2.05) is 97.1 Å². The maximum absolute atomic E-state index is 9.37. The third kappa shape index (κ3) is 4.26. The summed E-state index contributed by atoms with van der Waals surface area (Å²) in [5.74, 6) is 0.248. The number of para-hydroxylation sites is 3. The molecule has 238 valence electrons. The van der Waals surface area contributed by atoms with Gasteiger partial charge in [0.15, 0.2) is 17.2 Å². The Morgan fingerprint density at radius 2 is 1.12 bits per heavy atom. The lowest BCUT2D eigenvalue weighted by Gasteiger charge is -2.11. The zero-order chi connectivity index (χ0) is 42.2. The first-order valence-corrected chi connectivity index (χ1v) is 16.1. The van der Waals surface area contributed by atoms with Crippen LogP contribution in [-0.4, -0.2) is 19.5 Å². The summed E-state index contributed by atoms with van der Waals surface area (Å²) in [6.45, 7) is 0. The van der Waals surface area contributed by atoms with Gasteiger partial charge in [0.2, 0.25) is 5.95 Å². The van der Waals surface area contributed by atoms with Gasteiger partial charge < -0.3 is 8.83 Å². The lowest BCUT2D eigenvalue weighted by molar-refractivity contribution is 0.669. The fourth-order valence-corrected chi connectivity index (χ4v) is 6.79. The van der Waals surface area contributed by atoms with Crippen LogP contribution in [0.3, 0.4) is 0 Å². The average Bonchev–Trinajstić information content (AvgIpc) is 3.99. The Morgan fingerprint density at radius 3 is 2.00 bits per heavy atom. The molecule has 0 atom stereocenters. The van der Waals surface area contributed by atoms with E-state index in [4.69, 9.17) is 33.4 Å². The quantitative estimate of drug-likeness (QED) is 0.187. The molecule has 6 nitrogen and oxygen atoms in total. The van der Waals surface area contributed by atoms with Crippen LogP contribution in [0.2, 0.25) is 0 Å². The van der Waals surface area contributed by atoms with Crippen molar-refractivity contribution in [2.75, 3.05) is 0 Å². The number of rotatable bonds is 4. The third-order valence-electron chi connectivity index (χ3n) is 9.17.